The number of rotatable bonds is 1. The van der Waals surface area contributed by atoms with E-state index in [9.17, 15) is 4.79 Å². The summed E-state index contributed by atoms with van der Waals surface area (Å²) in [6.45, 7) is 1.75. The van der Waals surface area contributed by atoms with Crippen molar-refractivity contribution in [3.63, 3.8) is 0 Å². The molecule has 0 radical (unpaired) electrons. The number of aromatic amines is 1. The molecule has 0 atom stereocenters. The molecular formula is C11H6Cl2N4O2. The molecule has 0 saturated heterocycles. The number of H-pyrrole nitrogens is 1. The van der Waals surface area contributed by atoms with E-state index in [2.05, 4.69) is 20.6 Å². The molecule has 0 spiro atoms. The lowest BCUT2D eigenvalue weighted by atomic mass is 10.1. The van der Waals surface area contributed by atoms with Crippen LogP contribution in [0.2, 0.25) is 10.0 Å². The number of nitrogens with one attached hydrogen (secondary N) is 1. The van der Waals surface area contributed by atoms with E-state index in [1.165, 1.54) is 6.07 Å². The van der Waals surface area contributed by atoms with Crippen LogP contribution in [0.15, 0.2) is 21.3 Å². The molecule has 3 aromatic rings. The Morgan fingerprint density at radius 2 is 2.11 bits per heavy atom. The van der Waals surface area contributed by atoms with E-state index < -0.39 is 5.63 Å². The zero-order valence-corrected chi connectivity index (χ0v) is 11.1. The molecule has 0 unspecified atom stereocenters. The highest BCUT2D eigenvalue weighted by Crippen LogP contribution is 2.31. The Bertz CT molecular complexity index is 827. The van der Waals surface area contributed by atoms with E-state index in [1.807, 2.05) is 0 Å². The summed E-state index contributed by atoms with van der Waals surface area (Å²) < 4.78 is 5.22. The molecule has 0 saturated carbocycles. The Hall–Kier alpha value is -1.92. The van der Waals surface area contributed by atoms with E-state index in [1.54, 1.807) is 13.0 Å². The molecule has 0 aliphatic carbocycles. The predicted octanol–water partition coefficient (Wildman–Crippen LogP) is 2.59. The Labute approximate surface area is 116 Å². The van der Waals surface area contributed by atoms with Gasteiger partial charge in [0.05, 0.1) is 5.02 Å². The minimum atomic E-state index is -0.573. The first-order valence-electron chi connectivity index (χ1n) is 5.24. The van der Waals surface area contributed by atoms with Gasteiger partial charge in [-0.25, -0.2) is 4.79 Å². The van der Waals surface area contributed by atoms with Gasteiger partial charge in [0, 0.05) is 10.4 Å². The van der Waals surface area contributed by atoms with Crippen LogP contribution in [0.3, 0.4) is 0 Å². The number of nitrogens with zero attached hydrogens (tertiary/aromatic N) is 3. The molecule has 0 bridgehead atoms. The Morgan fingerprint density at radius 1 is 1.32 bits per heavy atom. The lowest BCUT2D eigenvalue weighted by Crippen LogP contribution is -2.07. The van der Waals surface area contributed by atoms with Crippen molar-refractivity contribution in [2.24, 2.45) is 0 Å². The maximum absolute atomic E-state index is 12.0. The topological polar surface area (TPSA) is 84.7 Å². The zero-order chi connectivity index (χ0) is 13.6. The molecule has 2 heterocycles. The van der Waals surface area contributed by atoms with Gasteiger partial charge in [-0.2, -0.15) is 5.21 Å². The Kier molecular flexibility index (Phi) is 2.76. The summed E-state index contributed by atoms with van der Waals surface area (Å²) in [6, 6.07) is 3.19. The van der Waals surface area contributed by atoms with Crippen molar-refractivity contribution >= 4 is 34.2 Å². The quantitative estimate of drug-likeness (QED) is 0.698. The van der Waals surface area contributed by atoms with Gasteiger partial charge < -0.3 is 4.42 Å². The Balaban J connectivity index is 2.47. The molecule has 8 heteroatoms. The number of tetrazole rings is 1. The van der Waals surface area contributed by atoms with Crippen LogP contribution in [-0.2, 0) is 0 Å². The third-order valence-electron chi connectivity index (χ3n) is 2.76. The van der Waals surface area contributed by atoms with Crippen LogP contribution in [0.4, 0.5) is 0 Å². The second-order valence-electron chi connectivity index (χ2n) is 3.89. The van der Waals surface area contributed by atoms with Crippen LogP contribution in [0.25, 0.3) is 22.4 Å². The van der Waals surface area contributed by atoms with Crippen molar-refractivity contribution in [2.75, 3.05) is 0 Å². The fourth-order valence-electron chi connectivity index (χ4n) is 1.90. The molecule has 3 rings (SSSR count). The summed E-state index contributed by atoms with van der Waals surface area (Å²) in [7, 11) is 0. The first-order valence-corrected chi connectivity index (χ1v) is 6.00. The van der Waals surface area contributed by atoms with Crippen molar-refractivity contribution in [1.82, 2.24) is 20.6 Å². The van der Waals surface area contributed by atoms with Gasteiger partial charge in [0.15, 0.2) is 5.58 Å². The number of aromatic nitrogens is 4. The third-order valence-corrected chi connectivity index (χ3v) is 3.25. The Morgan fingerprint density at radius 3 is 2.79 bits per heavy atom. The molecule has 0 amide bonds. The van der Waals surface area contributed by atoms with Gasteiger partial charge in [0.2, 0.25) is 5.82 Å². The van der Waals surface area contributed by atoms with Crippen LogP contribution >= 0.6 is 23.2 Å². The highest BCUT2D eigenvalue weighted by molar-refractivity contribution is 6.38. The lowest BCUT2D eigenvalue weighted by Gasteiger charge is -2.06. The van der Waals surface area contributed by atoms with Crippen LogP contribution in [0.1, 0.15) is 5.56 Å². The molecular weight excluding hydrogens is 291 g/mol. The summed E-state index contributed by atoms with van der Waals surface area (Å²) >= 11 is 12.0. The average molecular weight is 297 g/mol. The predicted molar refractivity (Wildman–Crippen MR) is 70.4 cm³/mol. The second kappa shape index (κ2) is 4.32. The summed E-state index contributed by atoms with van der Waals surface area (Å²) in [5.74, 6) is 0.171. The van der Waals surface area contributed by atoms with E-state index in [0.717, 1.165) is 0 Å². The first-order chi connectivity index (χ1) is 9.08. The van der Waals surface area contributed by atoms with Gasteiger partial charge >= 0.3 is 5.63 Å². The van der Waals surface area contributed by atoms with Crippen LogP contribution in [0.5, 0.6) is 0 Å². The second-order valence-corrected chi connectivity index (χ2v) is 4.73. The fraction of sp³-hybridized carbons (Fsp3) is 0.0909. The molecule has 0 aliphatic rings. The maximum Gasteiger partial charge on any atom is 0.347 e. The van der Waals surface area contributed by atoms with Crippen LogP contribution < -0.4 is 5.63 Å². The van der Waals surface area contributed by atoms with Crippen molar-refractivity contribution < 1.29 is 4.42 Å². The van der Waals surface area contributed by atoms with E-state index in [0.29, 0.717) is 21.6 Å². The van der Waals surface area contributed by atoms with Crippen LogP contribution in [0, 0.1) is 6.92 Å². The first kappa shape index (κ1) is 12.1. The van der Waals surface area contributed by atoms with Gasteiger partial charge in [-0.1, -0.05) is 23.2 Å². The summed E-state index contributed by atoms with van der Waals surface area (Å²) in [4.78, 5) is 12.0. The molecule has 1 aromatic carbocycles. The monoisotopic (exact) mass is 296 g/mol. The SMILES string of the molecule is Cc1c(-c2nn[nH]n2)c(=O)oc2c(Cl)cc(Cl)cc12. The highest BCUT2D eigenvalue weighted by atomic mass is 35.5. The fourth-order valence-corrected chi connectivity index (χ4v) is 2.43. The van der Waals surface area contributed by atoms with E-state index >= 15 is 0 Å². The minimum Gasteiger partial charge on any atom is -0.421 e. The summed E-state index contributed by atoms with van der Waals surface area (Å²) in [5.41, 5.74) is 0.591. The highest BCUT2D eigenvalue weighted by Gasteiger charge is 2.18. The van der Waals surface area contributed by atoms with Crippen molar-refractivity contribution in [2.45, 2.75) is 6.92 Å². The van der Waals surface area contributed by atoms with E-state index in [4.69, 9.17) is 27.6 Å². The average Bonchev–Trinajstić information content (AvgIpc) is 2.85. The van der Waals surface area contributed by atoms with Gasteiger partial charge in [0.1, 0.15) is 5.56 Å². The molecule has 2 aromatic heterocycles. The van der Waals surface area contributed by atoms with Crippen molar-refractivity contribution in [3.8, 4) is 11.4 Å². The molecule has 6 nitrogen and oxygen atoms in total. The summed E-state index contributed by atoms with van der Waals surface area (Å²) in [5, 5.41) is 14.7. The largest absolute Gasteiger partial charge is 0.421 e. The normalized spacial score (nSPS) is 11.1. The van der Waals surface area contributed by atoms with Gasteiger partial charge in [-0.3, -0.25) is 0 Å². The molecule has 96 valence electrons. The van der Waals surface area contributed by atoms with Gasteiger partial charge in [-0.05, 0) is 29.8 Å². The molecule has 0 aliphatic heterocycles. The van der Waals surface area contributed by atoms with Crippen LogP contribution in [-0.4, -0.2) is 20.6 Å². The smallest absolute Gasteiger partial charge is 0.347 e. The number of halogens is 2. The van der Waals surface area contributed by atoms with Gasteiger partial charge in [-0.15, -0.1) is 10.2 Å². The number of hydrogen-bond donors (Lipinski definition) is 1. The third kappa shape index (κ3) is 1.89. The lowest BCUT2D eigenvalue weighted by molar-refractivity contribution is 0.562. The minimum absolute atomic E-state index is 0.171. The zero-order valence-electron chi connectivity index (χ0n) is 9.57. The molecule has 1 N–H and O–H groups in total. The van der Waals surface area contributed by atoms with Crippen molar-refractivity contribution in [1.29, 1.82) is 0 Å². The standard InChI is InChI=1S/C11H6Cl2N4O2/c1-4-6-2-5(12)3-7(13)9(6)19-11(18)8(4)10-14-16-17-15-10/h2-3H,1H3,(H,14,15,16,17). The number of benzene rings is 1. The van der Waals surface area contributed by atoms with E-state index in [-0.39, 0.29) is 16.4 Å². The summed E-state index contributed by atoms with van der Waals surface area (Å²) in [6.07, 6.45) is 0. The van der Waals surface area contributed by atoms with Gasteiger partial charge in [0.25, 0.3) is 0 Å². The number of aryl methyl sites for hydroxylation is 1. The molecule has 19 heavy (non-hydrogen) atoms. The number of hydrogen-bond acceptors (Lipinski definition) is 5. The maximum atomic E-state index is 12.0. The van der Waals surface area contributed by atoms with Crippen molar-refractivity contribution in [3.05, 3.63) is 38.2 Å². The molecule has 0 fully saturated rings. The number of fused-ring (bicyclic) bond motifs is 1.